The van der Waals surface area contributed by atoms with E-state index >= 15 is 0 Å². The lowest BCUT2D eigenvalue weighted by Crippen LogP contribution is -2.44. The second kappa shape index (κ2) is 4.66. The summed E-state index contributed by atoms with van der Waals surface area (Å²) in [5, 5.41) is 1.62. The molecule has 0 radical (unpaired) electrons. The Morgan fingerprint density at radius 3 is 2.80 bits per heavy atom. The average molecular weight is 144 g/mol. The van der Waals surface area contributed by atoms with Crippen LogP contribution in [0.2, 0.25) is 1.41 Å². The van der Waals surface area contributed by atoms with Gasteiger partial charge < -0.3 is 15.9 Å². The average Bonchev–Trinajstić information content (AvgIpc) is 2.04. The van der Waals surface area contributed by atoms with E-state index in [0.717, 1.165) is 45.7 Å². The van der Waals surface area contributed by atoms with Crippen LogP contribution in [-0.2, 0) is 0 Å². The molecule has 0 unspecified atom stereocenters. The Kier molecular flexibility index (Phi) is 3.07. The molecule has 3 N–H and O–H groups in total. The van der Waals surface area contributed by atoms with Gasteiger partial charge in [0.15, 0.2) is 0 Å². The Hall–Kier alpha value is -0.120. The third kappa shape index (κ3) is 2.64. The Bertz CT molecular complexity index is 99.1. The molecule has 0 aromatic rings. The molecule has 10 heavy (non-hydrogen) atoms. The Labute approximate surface area is 64.0 Å². The molecular formula is C7H17N3. The summed E-state index contributed by atoms with van der Waals surface area (Å²) in [5.41, 5.74) is 5.40. The van der Waals surface area contributed by atoms with E-state index in [1.54, 1.807) is 5.31 Å². The molecule has 0 spiro atoms. The number of hydrogen-bond donors (Lipinski definition) is 2. The molecule has 0 bridgehead atoms. The van der Waals surface area contributed by atoms with Crippen LogP contribution in [0.25, 0.3) is 0 Å². The van der Waals surface area contributed by atoms with E-state index in [0.29, 0.717) is 0 Å². The standard InChI is InChI=1S/C7H17N3/c8-2-1-5-10-6-3-9-4-7-10/h9H,1-8H2/i/hD. The number of piperazine rings is 1. The highest BCUT2D eigenvalue weighted by molar-refractivity contribution is 4.66. The van der Waals surface area contributed by atoms with Crippen molar-refractivity contribution in [1.29, 1.82) is 0 Å². The first-order chi connectivity index (χ1) is 5.33. The van der Waals surface area contributed by atoms with Gasteiger partial charge in [-0.1, -0.05) is 0 Å². The highest BCUT2D eigenvalue weighted by atomic mass is 15.2. The van der Waals surface area contributed by atoms with Crippen LogP contribution < -0.4 is 11.0 Å². The Morgan fingerprint density at radius 2 is 2.20 bits per heavy atom. The molecular weight excluding hydrogens is 126 g/mol. The van der Waals surface area contributed by atoms with Gasteiger partial charge in [0.2, 0.25) is 0 Å². The van der Waals surface area contributed by atoms with E-state index in [4.69, 9.17) is 7.15 Å². The summed E-state index contributed by atoms with van der Waals surface area (Å²) >= 11 is 0. The predicted octanol–water partition coefficient (Wildman–Crippen LogP) is -0.760. The normalized spacial score (nSPS) is 24.7. The summed E-state index contributed by atoms with van der Waals surface area (Å²) < 4.78 is 7.32. The van der Waals surface area contributed by atoms with Crippen molar-refractivity contribution in [2.45, 2.75) is 6.42 Å². The van der Waals surface area contributed by atoms with E-state index < -0.39 is 0 Å². The van der Waals surface area contributed by atoms with Gasteiger partial charge in [0, 0.05) is 26.2 Å². The molecule has 1 heterocycles. The third-order valence-electron chi connectivity index (χ3n) is 1.83. The topological polar surface area (TPSA) is 41.3 Å². The molecule has 3 nitrogen and oxygen atoms in total. The van der Waals surface area contributed by atoms with Crippen molar-refractivity contribution in [3.05, 3.63) is 0 Å². The first kappa shape index (κ1) is 6.58. The molecule has 1 rings (SSSR count). The fourth-order valence-electron chi connectivity index (χ4n) is 1.19. The van der Waals surface area contributed by atoms with Gasteiger partial charge >= 0.3 is 0 Å². The quantitative estimate of drug-likeness (QED) is 0.547. The molecule has 1 fully saturated rings. The first-order valence-electron chi connectivity index (χ1n) is 4.44. The minimum atomic E-state index is 0.779. The highest BCUT2D eigenvalue weighted by Crippen LogP contribution is 1.92. The molecule has 1 aliphatic rings. The van der Waals surface area contributed by atoms with Crippen molar-refractivity contribution in [2.24, 2.45) is 5.73 Å². The van der Waals surface area contributed by atoms with E-state index in [1.165, 1.54) is 0 Å². The summed E-state index contributed by atoms with van der Waals surface area (Å²) in [7, 11) is 0. The number of nitrogens with one attached hydrogen (secondary N) is 1. The van der Waals surface area contributed by atoms with Crippen LogP contribution in [0.15, 0.2) is 0 Å². The van der Waals surface area contributed by atoms with Crippen LogP contribution in [0.3, 0.4) is 0 Å². The van der Waals surface area contributed by atoms with Gasteiger partial charge in [-0.25, -0.2) is 0 Å². The summed E-state index contributed by atoms with van der Waals surface area (Å²) in [6, 6.07) is 0. The lowest BCUT2D eigenvalue weighted by atomic mass is 10.3. The number of nitrogens with zero attached hydrogens (tertiary/aromatic N) is 1. The van der Waals surface area contributed by atoms with Gasteiger partial charge in [0.1, 0.15) is 1.41 Å². The summed E-state index contributed by atoms with van der Waals surface area (Å²) in [5.74, 6) is 0. The van der Waals surface area contributed by atoms with Crippen LogP contribution in [0.4, 0.5) is 0 Å². The number of hydrogen-bond acceptors (Lipinski definition) is 3. The molecule has 0 aliphatic carbocycles. The van der Waals surface area contributed by atoms with Crippen LogP contribution in [-0.4, -0.2) is 44.2 Å². The maximum Gasteiger partial charge on any atom is 0.122 e. The van der Waals surface area contributed by atoms with E-state index in [9.17, 15) is 0 Å². The zero-order valence-electron chi connectivity index (χ0n) is 7.42. The Balaban J connectivity index is 2.07. The lowest BCUT2D eigenvalue weighted by molar-refractivity contribution is 0.240. The van der Waals surface area contributed by atoms with E-state index in [-0.39, 0.29) is 0 Å². The highest BCUT2D eigenvalue weighted by Gasteiger charge is 2.06. The molecule has 3 heteroatoms. The maximum atomic E-state index is 7.32. The largest absolute Gasteiger partial charge is 0.330 e. The summed E-state index contributed by atoms with van der Waals surface area (Å²) in [6.07, 6.45) is 1.08. The SMILES string of the molecule is [2H]N1CCN(CCCN)CC1. The summed E-state index contributed by atoms with van der Waals surface area (Å²) in [6.45, 7) is 5.70. The van der Waals surface area contributed by atoms with Gasteiger partial charge in [-0.3, -0.25) is 0 Å². The fourth-order valence-corrected chi connectivity index (χ4v) is 1.19. The van der Waals surface area contributed by atoms with Crippen molar-refractivity contribution in [3.8, 4) is 0 Å². The van der Waals surface area contributed by atoms with Crippen molar-refractivity contribution in [1.82, 2.24) is 10.2 Å². The van der Waals surface area contributed by atoms with Crippen LogP contribution >= 0.6 is 0 Å². The van der Waals surface area contributed by atoms with E-state index in [1.807, 2.05) is 0 Å². The van der Waals surface area contributed by atoms with Crippen molar-refractivity contribution in [3.63, 3.8) is 0 Å². The molecule has 0 atom stereocenters. The van der Waals surface area contributed by atoms with Gasteiger partial charge in [-0.15, -0.1) is 0 Å². The zero-order valence-corrected chi connectivity index (χ0v) is 6.42. The summed E-state index contributed by atoms with van der Waals surface area (Å²) in [4.78, 5) is 2.37. The van der Waals surface area contributed by atoms with Crippen molar-refractivity contribution < 1.29 is 1.41 Å². The molecule has 0 amide bonds. The van der Waals surface area contributed by atoms with Crippen molar-refractivity contribution >= 4 is 0 Å². The third-order valence-corrected chi connectivity index (χ3v) is 1.83. The maximum absolute atomic E-state index is 7.32. The second-order valence-corrected chi connectivity index (χ2v) is 2.65. The fraction of sp³-hybridized carbons (Fsp3) is 1.00. The molecule has 0 aromatic carbocycles. The lowest BCUT2D eigenvalue weighted by Gasteiger charge is -2.26. The van der Waals surface area contributed by atoms with Gasteiger partial charge in [0.25, 0.3) is 0 Å². The minimum absolute atomic E-state index is 0.779. The molecule has 1 saturated heterocycles. The smallest absolute Gasteiger partial charge is 0.122 e. The van der Waals surface area contributed by atoms with Crippen LogP contribution in [0.1, 0.15) is 6.42 Å². The molecule has 0 saturated carbocycles. The van der Waals surface area contributed by atoms with Gasteiger partial charge in [-0.05, 0) is 19.5 Å². The second-order valence-electron chi connectivity index (χ2n) is 2.65. The first-order valence-corrected chi connectivity index (χ1v) is 3.99. The van der Waals surface area contributed by atoms with Crippen LogP contribution in [0, 0.1) is 0 Å². The number of nitrogens with two attached hydrogens (primary N) is 1. The molecule has 0 aromatic heterocycles. The molecule has 1 aliphatic heterocycles. The van der Waals surface area contributed by atoms with Gasteiger partial charge in [0.05, 0.1) is 0 Å². The number of rotatable bonds is 3. The van der Waals surface area contributed by atoms with Crippen molar-refractivity contribution in [2.75, 3.05) is 39.3 Å². The predicted molar refractivity (Wildman–Crippen MR) is 43.0 cm³/mol. The minimum Gasteiger partial charge on any atom is -0.330 e. The zero-order chi connectivity index (χ0) is 8.10. The van der Waals surface area contributed by atoms with Gasteiger partial charge in [-0.2, -0.15) is 0 Å². The monoisotopic (exact) mass is 144 g/mol. The van der Waals surface area contributed by atoms with E-state index in [2.05, 4.69) is 4.90 Å². The molecule has 60 valence electrons. The Morgan fingerprint density at radius 1 is 1.50 bits per heavy atom. The van der Waals surface area contributed by atoms with Crippen LogP contribution in [0.5, 0.6) is 0 Å².